The van der Waals surface area contributed by atoms with Crippen molar-refractivity contribution in [2.45, 2.75) is 12.5 Å². The molecule has 176 valence electrons. The first-order valence-corrected chi connectivity index (χ1v) is 11.8. The molecule has 1 aromatic heterocycles. The molecule has 2 aromatic rings. The van der Waals surface area contributed by atoms with E-state index in [1.807, 2.05) is 0 Å². The fourth-order valence-corrected chi connectivity index (χ4v) is 5.07. The molecule has 1 unspecified atom stereocenters. The number of rotatable bonds is 9. The predicted octanol–water partition coefficient (Wildman–Crippen LogP) is 3.07. The van der Waals surface area contributed by atoms with Crippen molar-refractivity contribution in [1.29, 1.82) is 0 Å². The van der Waals surface area contributed by atoms with Crippen LogP contribution in [0, 0.1) is 0 Å². The van der Waals surface area contributed by atoms with E-state index < -0.39 is 17.7 Å². The summed E-state index contributed by atoms with van der Waals surface area (Å²) in [6.45, 7) is 4.29. The Morgan fingerprint density at radius 2 is 1.94 bits per heavy atom. The van der Waals surface area contributed by atoms with Gasteiger partial charge in [-0.3, -0.25) is 14.5 Å². The molecule has 2 aliphatic rings. The summed E-state index contributed by atoms with van der Waals surface area (Å²) >= 11 is 1.27. The second-order valence-corrected chi connectivity index (χ2v) is 8.81. The second kappa shape index (κ2) is 10.4. The van der Waals surface area contributed by atoms with E-state index in [2.05, 4.69) is 4.90 Å². The predicted molar refractivity (Wildman–Crippen MR) is 124 cm³/mol. The maximum absolute atomic E-state index is 13.4. The van der Waals surface area contributed by atoms with Gasteiger partial charge in [-0.2, -0.15) is 0 Å². The van der Waals surface area contributed by atoms with Gasteiger partial charge in [0.25, 0.3) is 5.91 Å². The zero-order chi connectivity index (χ0) is 23.4. The highest BCUT2D eigenvalue weighted by atomic mass is 32.1. The van der Waals surface area contributed by atoms with Gasteiger partial charge >= 0.3 is 0 Å². The second-order valence-electron chi connectivity index (χ2n) is 7.86. The Morgan fingerprint density at radius 3 is 2.61 bits per heavy atom. The number of hydrogen-bond donors (Lipinski definition) is 1. The SMILES string of the molecule is COc1cccc(C2C(C(=O)c3cccs3)=C(O)C(=O)N2CCCN2CCOCC2)c1OC. The summed E-state index contributed by atoms with van der Waals surface area (Å²) < 4.78 is 16.5. The van der Waals surface area contributed by atoms with E-state index in [4.69, 9.17) is 14.2 Å². The number of morpholine rings is 1. The first-order valence-electron chi connectivity index (χ1n) is 10.9. The molecule has 3 heterocycles. The maximum atomic E-state index is 13.4. The van der Waals surface area contributed by atoms with Crippen LogP contribution in [0.3, 0.4) is 0 Å². The summed E-state index contributed by atoms with van der Waals surface area (Å²) in [7, 11) is 3.05. The highest BCUT2D eigenvalue weighted by Gasteiger charge is 2.45. The summed E-state index contributed by atoms with van der Waals surface area (Å²) in [5.74, 6) is -0.491. The van der Waals surface area contributed by atoms with E-state index >= 15 is 0 Å². The van der Waals surface area contributed by atoms with Crippen LogP contribution >= 0.6 is 11.3 Å². The normalized spacial score (nSPS) is 19.3. The molecular formula is C24H28N2O6S. The van der Waals surface area contributed by atoms with Crippen molar-refractivity contribution in [1.82, 2.24) is 9.80 Å². The number of carbonyl (C=O) groups is 2. The van der Waals surface area contributed by atoms with E-state index in [0.29, 0.717) is 48.1 Å². The fraction of sp³-hybridized carbons (Fsp3) is 0.417. The average Bonchev–Trinajstić information content (AvgIpc) is 3.47. The number of benzene rings is 1. The minimum Gasteiger partial charge on any atom is -0.503 e. The van der Waals surface area contributed by atoms with Crippen LogP contribution in [0.4, 0.5) is 0 Å². The van der Waals surface area contributed by atoms with Crippen molar-refractivity contribution in [3.05, 3.63) is 57.5 Å². The molecule has 0 radical (unpaired) electrons. The summed E-state index contributed by atoms with van der Waals surface area (Å²) in [5, 5.41) is 12.6. The number of aliphatic hydroxyl groups is 1. The van der Waals surface area contributed by atoms with Gasteiger partial charge in [-0.25, -0.2) is 0 Å². The molecule has 1 fully saturated rings. The number of para-hydroxylation sites is 1. The zero-order valence-electron chi connectivity index (χ0n) is 18.8. The molecule has 9 heteroatoms. The number of aliphatic hydroxyl groups excluding tert-OH is 1. The van der Waals surface area contributed by atoms with Crippen LogP contribution in [-0.2, 0) is 9.53 Å². The third-order valence-electron chi connectivity index (χ3n) is 6.00. The van der Waals surface area contributed by atoms with Gasteiger partial charge in [0.1, 0.15) is 0 Å². The number of amides is 1. The topological polar surface area (TPSA) is 88.5 Å². The molecule has 0 saturated carbocycles. The van der Waals surface area contributed by atoms with Crippen molar-refractivity contribution < 1.29 is 28.9 Å². The fourth-order valence-electron chi connectivity index (χ4n) is 4.40. The third kappa shape index (κ3) is 4.62. The Hall–Kier alpha value is -2.88. The van der Waals surface area contributed by atoms with Crippen LogP contribution in [0.25, 0.3) is 0 Å². The van der Waals surface area contributed by atoms with Crippen molar-refractivity contribution in [3.8, 4) is 11.5 Å². The number of ether oxygens (including phenoxy) is 3. The van der Waals surface area contributed by atoms with Crippen molar-refractivity contribution in [3.63, 3.8) is 0 Å². The molecule has 8 nitrogen and oxygen atoms in total. The molecule has 1 amide bonds. The quantitative estimate of drug-likeness (QED) is 0.561. The van der Waals surface area contributed by atoms with Crippen LogP contribution in [0.5, 0.6) is 11.5 Å². The van der Waals surface area contributed by atoms with Crippen LogP contribution < -0.4 is 9.47 Å². The smallest absolute Gasteiger partial charge is 0.290 e. The number of thiophene rings is 1. The molecule has 1 aromatic carbocycles. The van der Waals surface area contributed by atoms with E-state index in [1.54, 1.807) is 40.6 Å². The Balaban J connectivity index is 1.68. The van der Waals surface area contributed by atoms with Gasteiger partial charge in [0.05, 0.1) is 43.9 Å². The van der Waals surface area contributed by atoms with Crippen molar-refractivity contribution in [2.24, 2.45) is 0 Å². The van der Waals surface area contributed by atoms with Gasteiger partial charge < -0.3 is 24.2 Å². The molecular weight excluding hydrogens is 444 g/mol. The molecule has 2 aliphatic heterocycles. The van der Waals surface area contributed by atoms with Crippen molar-refractivity contribution >= 4 is 23.0 Å². The Labute approximate surface area is 197 Å². The van der Waals surface area contributed by atoms with Crippen LogP contribution in [0.2, 0.25) is 0 Å². The largest absolute Gasteiger partial charge is 0.503 e. The summed E-state index contributed by atoms with van der Waals surface area (Å²) in [4.78, 5) is 30.9. The number of hydrogen-bond acceptors (Lipinski definition) is 8. The van der Waals surface area contributed by atoms with Crippen LogP contribution in [0.1, 0.15) is 27.7 Å². The summed E-state index contributed by atoms with van der Waals surface area (Å²) in [6.07, 6.45) is 0.697. The lowest BCUT2D eigenvalue weighted by Crippen LogP contribution is -2.39. The molecule has 1 atom stereocenters. The third-order valence-corrected chi connectivity index (χ3v) is 6.87. The number of methoxy groups -OCH3 is 2. The van der Waals surface area contributed by atoms with Crippen molar-refractivity contribution in [2.75, 3.05) is 53.6 Å². The Kier molecular flexibility index (Phi) is 7.32. The minimum atomic E-state index is -0.776. The maximum Gasteiger partial charge on any atom is 0.290 e. The van der Waals surface area contributed by atoms with E-state index in [9.17, 15) is 14.7 Å². The van der Waals surface area contributed by atoms with E-state index in [-0.39, 0.29) is 11.4 Å². The molecule has 1 saturated heterocycles. The molecule has 33 heavy (non-hydrogen) atoms. The lowest BCUT2D eigenvalue weighted by Gasteiger charge is -2.30. The van der Waals surface area contributed by atoms with Gasteiger partial charge in [0, 0.05) is 31.7 Å². The first kappa shape index (κ1) is 23.3. The van der Waals surface area contributed by atoms with Crippen LogP contribution in [-0.4, -0.2) is 80.2 Å². The van der Waals surface area contributed by atoms with E-state index in [0.717, 1.165) is 19.6 Å². The van der Waals surface area contributed by atoms with Gasteiger partial charge in [0.2, 0.25) is 5.78 Å². The zero-order valence-corrected chi connectivity index (χ0v) is 19.6. The molecule has 0 spiro atoms. The highest BCUT2D eigenvalue weighted by molar-refractivity contribution is 7.12. The Morgan fingerprint density at radius 1 is 1.15 bits per heavy atom. The molecule has 0 aliphatic carbocycles. The summed E-state index contributed by atoms with van der Waals surface area (Å²) in [5.41, 5.74) is 0.668. The first-order chi connectivity index (χ1) is 16.1. The van der Waals surface area contributed by atoms with Gasteiger partial charge in [-0.15, -0.1) is 11.3 Å². The van der Waals surface area contributed by atoms with Gasteiger partial charge in [-0.1, -0.05) is 18.2 Å². The number of nitrogens with zero attached hydrogens (tertiary/aromatic N) is 2. The lowest BCUT2D eigenvalue weighted by atomic mass is 9.94. The minimum absolute atomic E-state index is 0.0698. The summed E-state index contributed by atoms with van der Waals surface area (Å²) in [6, 6.07) is 8.03. The van der Waals surface area contributed by atoms with Gasteiger partial charge in [0.15, 0.2) is 17.3 Å². The molecule has 0 bridgehead atoms. The standard InChI is InChI=1S/C24H28N2O6S/c1-30-17-7-3-6-16(23(17)31-2)20-19(21(27)18-8-4-15-33-18)22(28)24(29)26(20)10-5-9-25-11-13-32-14-12-25/h3-4,6-8,15,20,28H,5,9-14H2,1-2H3. The highest BCUT2D eigenvalue weighted by Crippen LogP contribution is 2.45. The monoisotopic (exact) mass is 472 g/mol. The number of carbonyl (C=O) groups excluding carboxylic acids is 2. The molecule has 4 rings (SSSR count). The van der Waals surface area contributed by atoms with E-state index in [1.165, 1.54) is 25.6 Å². The van der Waals surface area contributed by atoms with Gasteiger partial charge in [-0.05, 0) is 23.9 Å². The number of Topliss-reactive ketones (excluding diaryl/α,β-unsaturated/α-hetero) is 1. The Bertz CT molecular complexity index is 1030. The number of ketones is 1. The average molecular weight is 473 g/mol. The lowest BCUT2D eigenvalue weighted by molar-refractivity contribution is -0.129. The van der Waals surface area contributed by atoms with Crippen LogP contribution in [0.15, 0.2) is 47.0 Å². The molecule has 1 N–H and O–H groups in total.